The molecule has 1 unspecified atom stereocenters. The van der Waals surface area contributed by atoms with E-state index in [1.807, 2.05) is 5.32 Å². The van der Waals surface area contributed by atoms with Crippen LogP contribution in [0.2, 0.25) is 0 Å². The largest absolute Gasteiger partial charge is 0.480 e. The Morgan fingerprint density at radius 3 is 2.40 bits per heavy atom. The summed E-state index contributed by atoms with van der Waals surface area (Å²) in [5, 5.41) is 14.6. The number of aliphatic carboxylic acids is 1. The van der Waals surface area contributed by atoms with E-state index in [4.69, 9.17) is 5.11 Å². The normalized spacial score (nSPS) is 12.7. The van der Waals surface area contributed by atoms with E-state index in [1.165, 1.54) is 35.9 Å². The van der Waals surface area contributed by atoms with Gasteiger partial charge in [-0.15, -0.1) is 0 Å². The van der Waals surface area contributed by atoms with Crippen LogP contribution in [0.1, 0.15) is 22.5 Å². The van der Waals surface area contributed by atoms with Gasteiger partial charge < -0.3 is 10.4 Å². The minimum atomic E-state index is -4.75. The molecule has 1 aromatic heterocycles. The molecule has 10 heteroatoms. The van der Waals surface area contributed by atoms with Gasteiger partial charge in [-0.25, -0.2) is 13.9 Å². The number of rotatable bonds is 5. The number of carbonyl (C=O) groups is 2. The molecule has 25 heavy (non-hydrogen) atoms. The standard InChI is InChI=1S/C15H13F4N3O3/c1-8-11(7-20-22(8)10-4-2-9(16)3-5-10)13(23)21-12(14(24)25)6-15(17,18)19/h2-5,7,12H,6H2,1H3,(H,21,23)(H,24,25). The smallest absolute Gasteiger partial charge is 0.391 e. The summed E-state index contributed by atoms with van der Waals surface area (Å²) in [6.07, 6.45) is -5.34. The molecule has 0 saturated heterocycles. The Morgan fingerprint density at radius 2 is 1.88 bits per heavy atom. The van der Waals surface area contributed by atoms with Gasteiger partial charge in [0.05, 0.1) is 29.6 Å². The van der Waals surface area contributed by atoms with Gasteiger partial charge >= 0.3 is 12.1 Å². The van der Waals surface area contributed by atoms with Crippen molar-refractivity contribution < 1.29 is 32.3 Å². The Balaban J connectivity index is 2.22. The van der Waals surface area contributed by atoms with Crippen LogP contribution in [0.5, 0.6) is 0 Å². The molecular weight excluding hydrogens is 346 g/mol. The number of carbonyl (C=O) groups excluding carboxylic acids is 1. The fraction of sp³-hybridized carbons (Fsp3) is 0.267. The molecule has 0 fully saturated rings. The SMILES string of the molecule is Cc1c(C(=O)NC(CC(F)(F)F)C(=O)O)cnn1-c1ccc(F)cc1. The lowest BCUT2D eigenvalue weighted by Gasteiger charge is -2.16. The summed E-state index contributed by atoms with van der Waals surface area (Å²) in [7, 11) is 0. The number of amides is 1. The summed E-state index contributed by atoms with van der Waals surface area (Å²) in [6.45, 7) is 1.48. The maximum Gasteiger partial charge on any atom is 0.391 e. The quantitative estimate of drug-likeness (QED) is 0.804. The average molecular weight is 359 g/mol. The Hall–Kier alpha value is -2.91. The number of carboxylic acid groups (broad SMARTS) is 1. The topological polar surface area (TPSA) is 84.2 Å². The minimum absolute atomic E-state index is 0.0854. The van der Waals surface area contributed by atoms with E-state index < -0.39 is 36.3 Å². The van der Waals surface area contributed by atoms with Crippen molar-refractivity contribution in [2.75, 3.05) is 0 Å². The Bertz CT molecular complexity index is 784. The van der Waals surface area contributed by atoms with Crippen molar-refractivity contribution in [2.45, 2.75) is 25.6 Å². The molecule has 1 atom stereocenters. The fourth-order valence-electron chi connectivity index (χ4n) is 2.14. The number of hydrogen-bond donors (Lipinski definition) is 2. The van der Waals surface area contributed by atoms with E-state index in [-0.39, 0.29) is 11.3 Å². The van der Waals surface area contributed by atoms with Gasteiger partial charge in [-0.05, 0) is 31.2 Å². The highest BCUT2D eigenvalue weighted by Crippen LogP contribution is 2.22. The molecule has 1 amide bonds. The monoisotopic (exact) mass is 359 g/mol. The van der Waals surface area contributed by atoms with Gasteiger partial charge in [0, 0.05) is 0 Å². The fourth-order valence-corrected chi connectivity index (χ4v) is 2.14. The highest BCUT2D eigenvalue weighted by Gasteiger charge is 2.36. The summed E-state index contributed by atoms with van der Waals surface area (Å²) in [4.78, 5) is 23.0. The first-order chi connectivity index (χ1) is 11.6. The number of hydrogen-bond acceptors (Lipinski definition) is 3. The highest BCUT2D eigenvalue weighted by molar-refractivity contribution is 5.97. The van der Waals surface area contributed by atoms with Crippen LogP contribution >= 0.6 is 0 Å². The van der Waals surface area contributed by atoms with Crippen LogP contribution < -0.4 is 5.32 Å². The molecule has 1 aromatic carbocycles. The molecule has 6 nitrogen and oxygen atoms in total. The zero-order chi connectivity index (χ0) is 18.8. The maximum absolute atomic E-state index is 12.9. The Labute approximate surface area is 139 Å². The molecule has 0 bridgehead atoms. The molecule has 1 heterocycles. The Kier molecular flexibility index (Phi) is 5.10. The highest BCUT2D eigenvalue weighted by atomic mass is 19.4. The summed E-state index contributed by atoms with van der Waals surface area (Å²) in [5.74, 6) is -3.26. The predicted molar refractivity (Wildman–Crippen MR) is 77.8 cm³/mol. The van der Waals surface area contributed by atoms with E-state index in [9.17, 15) is 27.2 Å². The lowest BCUT2D eigenvalue weighted by molar-refractivity contribution is -0.157. The van der Waals surface area contributed by atoms with E-state index in [1.54, 1.807) is 0 Å². The first-order valence-electron chi connectivity index (χ1n) is 6.99. The van der Waals surface area contributed by atoms with Crippen LogP contribution in [0.3, 0.4) is 0 Å². The molecule has 0 aliphatic carbocycles. The molecular formula is C15H13F4N3O3. The number of aromatic nitrogens is 2. The molecule has 0 radical (unpaired) electrons. The van der Waals surface area contributed by atoms with Crippen LogP contribution in [0, 0.1) is 12.7 Å². The third-order valence-electron chi connectivity index (χ3n) is 3.36. The van der Waals surface area contributed by atoms with E-state index in [0.717, 1.165) is 6.20 Å². The van der Waals surface area contributed by atoms with Crippen molar-refractivity contribution in [3.63, 3.8) is 0 Å². The number of alkyl halides is 3. The van der Waals surface area contributed by atoms with Gasteiger partial charge in [-0.2, -0.15) is 18.3 Å². The van der Waals surface area contributed by atoms with Crippen LogP contribution in [0.15, 0.2) is 30.5 Å². The molecule has 0 aliphatic heterocycles. The zero-order valence-electron chi connectivity index (χ0n) is 12.8. The van der Waals surface area contributed by atoms with Crippen molar-refractivity contribution in [1.82, 2.24) is 15.1 Å². The van der Waals surface area contributed by atoms with Gasteiger partial charge in [0.2, 0.25) is 0 Å². The van der Waals surface area contributed by atoms with Gasteiger partial charge in [0.1, 0.15) is 11.9 Å². The molecule has 0 spiro atoms. The van der Waals surface area contributed by atoms with Crippen LogP contribution in [-0.2, 0) is 4.79 Å². The maximum atomic E-state index is 12.9. The van der Waals surface area contributed by atoms with Crippen LogP contribution in [0.4, 0.5) is 17.6 Å². The second-order valence-corrected chi connectivity index (χ2v) is 5.22. The molecule has 2 N–H and O–H groups in total. The lowest BCUT2D eigenvalue weighted by Crippen LogP contribution is -2.43. The van der Waals surface area contributed by atoms with Crippen molar-refractivity contribution in [3.05, 3.63) is 47.5 Å². The predicted octanol–water partition coefficient (Wildman–Crippen LogP) is 2.46. The van der Waals surface area contributed by atoms with E-state index in [0.29, 0.717) is 5.69 Å². The van der Waals surface area contributed by atoms with Crippen molar-refractivity contribution in [2.24, 2.45) is 0 Å². The number of halogens is 4. The molecule has 2 aromatic rings. The van der Waals surface area contributed by atoms with E-state index >= 15 is 0 Å². The minimum Gasteiger partial charge on any atom is -0.480 e. The third-order valence-corrected chi connectivity index (χ3v) is 3.36. The van der Waals surface area contributed by atoms with Gasteiger partial charge in [-0.1, -0.05) is 0 Å². The van der Waals surface area contributed by atoms with Gasteiger partial charge in [0.15, 0.2) is 0 Å². The third kappa shape index (κ3) is 4.55. The van der Waals surface area contributed by atoms with Crippen molar-refractivity contribution >= 4 is 11.9 Å². The average Bonchev–Trinajstić information content (AvgIpc) is 2.87. The molecule has 2 rings (SSSR count). The van der Waals surface area contributed by atoms with Gasteiger partial charge in [-0.3, -0.25) is 4.79 Å². The second kappa shape index (κ2) is 6.91. The summed E-state index contributed by atoms with van der Waals surface area (Å²) in [5.41, 5.74) is 0.612. The van der Waals surface area contributed by atoms with Crippen molar-refractivity contribution in [3.8, 4) is 5.69 Å². The number of benzene rings is 1. The van der Waals surface area contributed by atoms with Gasteiger partial charge in [0.25, 0.3) is 5.91 Å². The van der Waals surface area contributed by atoms with E-state index in [2.05, 4.69) is 5.10 Å². The number of nitrogens with zero attached hydrogens (tertiary/aromatic N) is 2. The van der Waals surface area contributed by atoms with Crippen LogP contribution in [-0.4, -0.2) is 39.0 Å². The summed E-state index contributed by atoms with van der Waals surface area (Å²) < 4.78 is 51.4. The summed E-state index contributed by atoms with van der Waals surface area (Å²) in [6, 6.07) is 3.06. The molecule has 0 aliphatic rings. The second-order valence-electron chi connectivity index (χ2n) is 5.22. The van der Waals surface area contributed by atoms with Crippen molar-refractivity contribution in [1.29, 1.82) is 0 Å². The molecule has 0 saturated carbocycles. The first kappa shape index (κ1) is 18.4. The number of nitrogens with one attached hydrogen (secondary N) is 1. The molecule has 134 valence electrons. The lowest BCUT2D eigenvalue weighted by atomic mass is 10.1. The number of carboxylic acids is 1. The van der Waals surface area contributed by atoms with Crippen LogP contribution in [0.25, 0.3) is 5.69 Å². The first-order valence-corrected chi connectivity index (χ1v) is 6.99. The Morgan fingerprint density at radius 1 is 1.28 bits per heavy atom. The zero-order valence-corrected chi connectivity index (χ0v) is 12.8. The summed E-state index contributed by atoms with van der Waals surface area (Å²) >= 11 is 0.